The van der Waals surface area contributed by atoms with E-state index in [0.717, 1.165) is 0 Å². The number of thiazole rings is 1. The van der Waals surface area contributed by atoms with E-state index in [-0.39, 0.29) is 0 Å². The Kier molecular flexibility index (Phi) is 3.31. The molecule has 0 aliphatic heterocycles. The van der Waals surface area contributed by atoms with Crippen molar-refractivity contribution in [2.24, 2.45) is 7.05 Å². The standard InChI is InChI=1S/C10H18N2S/c1-5-6-7(2)9-8(3)12(4)10(11)13-9/h7,11H,5-6H2,1-4H3/t7-/m0/s1. The molecular formula is C10H18N2S. The topological polar surface area (TPSA) is 28.8 Å². The van der Waals surface area contributed by atoms with Crippen molar-refractivity contribution in [1.82, 2.24) is 4.57 Å². The third kappa shape index (κ3) is 2.02. The van der Waals surface area contributed by atoms with Gasteiger partial charge in [0, 0.05) is 17.6 Å². The summed E-state index contributed by atoms with van der Waals surface area (Å²) < 4.78 is 1.96. The lowest BCUT2D eigenvalue weighted by Gasteiger charge is -2.08. The van der Waals surface area contributed by atoms with Crippen LogP contribution in [0.1, 0.15) is 43.2 Å². The van der Waals surface area contributed by atoms with E-state index < -0.39 is 0 Å². The Morgan fingerprint density at radius 2 is 2.15 bits per heavy atom. The summed E-state index contributed by atoms with van der Waals surface area (Å²) in [6, 6.07) is 0. The number of rotatable bonds is 3. The first-order valence-corrected chi connectivity index (χ1v) is 5.60. The van der Waals surface area contributed by atoms with Gasteiger partial charge in [0.1, 0.15) is 0 Å². The van der Waals surface area contributed by atoms with Crippen LogP contribution < -0.4 is 4.80 Å². The summed E-state index contributed by atoms with van der Waals surface area (Å²) in [7, 11) is 1.97. The Morgan fingerprint density at radius 3 is 2.54 bits per heavy atom. The van der Waals surface area contributed by atoms with Crippen LogP contribution in [0.3, 0.4) is 0 Å². The minimum absolute atomic E-state index is 0.611. The zero-order valence-electron chi connectivity index (χ0n) is 8.85. The van der Waals surface area contributed by atoms with Crippen molar-refractivity contribution in [2.45, 2.75) is 39.5 Å². The third-order valence-corrected chi connectivity index (χ3v) is 3.93. The fraction of sp³-hybridized carbons (Fsp3) is 0.700. The molecule has 0 aliphatic carbocycles. The van der Waals surface area contributed by atoms with E-state index in [4.69, 9.17) is 5.41 Å². The molecule has 1 aromatic heterocycles. The molecule has 0 bridgehead atoms. The van der Waals surface area contributed by atoms with Crippen LogP contribution in [0.4, 0.5) is 0 Å². The molecule has 1 heterocycles. The molecule has 0 amide bonds. The number of nitrogens with zero attached hydrogens (tertiary/aromatic N) is 1. The van der Waals surface area contributed by atoms with Crippen molar-refractivity contribution in [3.8, 4) is 0 Å². The molecule has 74 valence electrons. The Hall–Kier alpha value is -0.570. The SMILES string of the molecule is CCC[C@H](C)c1sc(=N)n(C)c1C. The van der Waals surface area contributed by atoms with Crippen LogP contribution >= 0.6 is 11.3 Å². The van der Waals surface area contributed by atoms with Crippen molar-refractivity contribution >= 4 is 11.3 Å². The van der Waals surface area contributed by atoms with Gasteiger partial charge in [-0.1, -0.05) is 20.3 Å². The van der Waals surface area contributed by atoms with Crippen molar-refractivity contribution < 1.29 is 0 Å². The molecule has 0 aliphatic rings. The van der Waals surface area contributed by atoms with Gasteiger partial charge >= 0.3 is 0 Å². The second-order valence-electron chi connectivity index (χ2n) is 3.61. The van der Waals surface area contributed by atoms with Gasteiger partial charge in [-0.15, -0.1) is 11.3 Å². The summed E-state index contributed by atoms with van der Waals surface area (Å²) in [4.78, 5) is 2.05. The maximum absolute atomic E-state index is 7.69. The third-order valence-electron chi connectivity index (χ3n) is 2.54. The molecule has 13 heavy (non-hydrogen) atoms. The van der Waals surface area contributed by atoms with Crippen molar-refractivity contribution in [2.75, 3.05) is 0 Å². The lowest BCUT2D eigenvalue weighted by atomic mass is 10.0. The fourth-order valence-corrected chi connectivity index (χ4v) is 2.67. The van der Waals surface area contributed by atoms with Crippen molar-refractivity contribution in [1.29, 1.82) is 5.41 Å². The Morgan fingerprint density at radius 1 is 1.54 bits per heavy atom. The number of aromatic nitrogens is 1. The van der Waals surface area contributed by atoms with Crippen LogP contribution in [0.5, 0.6) is 0 Å². The van der Waals surface area contributed by atoms with Crippen LogP contribution in [0.15, 0.2) is 0 Å². The molecule has 0 aromatic carbocycles. The minimum Gasteiger partial charge on any atom is -0.324 e. The van der Waals surface area contributed by atoms with E-state index in [1.807, 2.05) is 11.6 Å². The van der Waals surface area contributed by atoms with Gasteiger partial charge in [-0.3, -0.25) is 5.41 Å². The fourth-order valence-electron chi connectivity index (χ4n) is 1.59. The molecule has 0 radical (unpaired) electrons. The predicted molar refractivity (Wildman–Crippen MR) is 57.2 cm³/mol. The van der Waals surface area contributed by atoms with Gasteiger partial charge < -0.3 is 4.57 Å². The quantitative estimate of drug-likeness (QED) is 0.774. The van der Waals surface area contributed by atoms with Gasteiger partial charge in [-0.2, -0.15) is 0 Å². The zero-order valence-corrected chi connectivity index (χ0v) is 9.66. The monoisotopic (exact) mass is 198 g/mol. The second kappa shape index (κ2) is 4.09. The second-order valence-corrected chi connectivity index (χ2v) is 4.64. The van der Waals surface area contributed by atoms with Gasteiger partial charge in [-0.25, -0.2) is 0 Å². The highest BCUT2D eigenvalue weighted by Crippen LogP contribution is 2.25. The largest absolute Gasteiger partial charge is 0.324 e. The highest BCUT2D eigenvalue weighted by Gasteiger charge is 2.12. The molecule has 0 saturated heterocycles. The smallest absolute Gasteiger partial charge is 0.182 e. The van der Waals surface area contributed by atoms with Crippen LogP contribution in [0.2, 0.25) is 0 Å². The maximum atomic E-state index is 7.69. The van der Waals surface area contributed by atoms with Crippen LogP contribution in [0.25, 0.3) is 0 Å². The summed E-state index contributed by atoms with van der Waals surface area (Å²) in [6.07, 6.45) is 2.44. The maximum Gasteiger partial charge on any atom is 0.182 e. The molecule has 0 unspecified atom stereocenters. The van der Waals surface area contributed by atoms with E-state index in [0.29, 0.717) is 10.7 Å². The number of hydrogen-bond donors (Lipinski definition) is 1. The molecule has 0 spiro atoms. The van der Waals surface area contributed by atoms with Gasteiger partial charge in [0.2, 0.25) is 0 Å². The van der Waals surface area contributed by atoms with Crippen molar-refractivity contribution in [3.05, 3.63) is 15.4 Å². The zero-order chi connectivity index (χ0) is 10.0. The number of hydrogen-bond acceptors (Lipinski definition) is 2. The molecule has 3 heteroatoms. The summed E-state index contributed by atoms with van der Waals surface area (Å²) in [6.45, 7) is 6.57. The molecule has 1 aromatic rings. The molecule has 1 atom stereocenters. The van der Waals surface area contributed by atoms with E-state index in [1.54, 1.807) is 11.3 Å². The normalized spacial score (nSPS) is 13.2. The molecule has 0 saturated carbocycles. The van der Waals surface area contributed by atoms with Gasteiger partial charge in [0.15, 0.2) is 4.80 Å². The first-order valence-electron chi connectivity index (χ1n) is 4.78. The van der Waals surface area contributed by atoms with E-state index in [9.17, 15) is 0 Å². The first-order chi connectivity index (χ1) is 6.07. The predicted octanol–water partition coefficient (Wildman–Crippen LogP) is 2.78. The first kappa shape index (κ1) is 10.5. The molecule has 1 N–H and O–H groups in total. The minimum atomic E-state index is 0.611. The molecule has 1 rings (SSSR count). The van der Waals surface area contributed by atoms with E-state index in [2.05, 4.69) is 20.8 Å². The molecule has 0 fully saturated rings. The average Bonchev–Trinajstić information content (AvgIpc) is 2.33. The van der Waals surface area contributed by atoms with Gasteiger partial charge in [-0.05, 0) is 19.3 Å². The van der Waals surface area contributed by atoms with E-state index >= 15 is 0 Å². The summed E-state index contributed by atoms with van der Waals surface area (Å²) in [5, 5.41) is 7.69. The van der Waals surface area contributed by atoms with Gasteiger partial charge in [0.05, 0.1) is 0 Å². The average molecular weight is 198 g/mol. The number of nitrogens with one attached hydrogen (secondary N) is 1. The summed E-state index contributed by atoms with van der Waals surface area (Å²) >= 11 is 1.62. The Bertz CT molecular complexity index is 335. The van der Waals surface area contributed by atoms with Crippen molar-refractivity contribution in [3.63, 3.8) is 0 Å². The lowest BCUT2D eigenvalue weighted by Crippen LogP contribution is -2.08. The van der Waals surface area contributed by atoms with Crippen LogP contribution in [0, 0.1) is 12.3 Å². The summed E-state index contributed by atoms with van der Waals surface area (Å²) in [5.41, 5.74) is 1.26. The Labute approximate surface area is 83.7 Å². The highest BCUT2D eigenvalue weighted by molar-refractivity contribution is 7.09. The van der Waals surface area contributed by atoms with Crippen LogP contribution in [-0.4, -0.2) is 4.57 Å². The Balaban J connectivity index is 3.01. The van der Waals surface area contributed by atoms with Gasteiger partial charge in [0.25, 0.3) is 0 Å². The molecule has 2 nitrogen and oxygen atoms in total. The molecular weight excluding hydrogens is 180 g/mol. The summed E-state index contributed by atoms with van der Waals surface area (Å²) in [5.74, 6) is 0.611. The van der Waals surface area contributed by atoms with Crippen LogP contribution in [-0.2, 0) is 7.05 Å². The van der Waals surface area contributed by atoms with E-state index in [1.165, 1.54) is 23.4 Å². The highest BCUT2D eigenvalue weighted by atomic mass is 32.1. The lowest BCUT2D eigenvalue weighted by molar-refractivity contribution is 0.663.